The first kappa shape index (κ1) is 22.7. The van der Waals surface area contributed by atoms with E-state index < -0.39 is 7.28 Å². The molecule has 0 amide bonds. The molecule has 0 spiro atoms. The number of nitrogens with zero attached hydrogens (tertiary/aromatic N) is 1. The van der Waals surface area contributed by atoms with Crippen LogP contribution in [0.3, 0.4) is 0 Å². The molecule has 0 aliphatic rings. The van der Waals surface area contributed by atoms with Gasteiger partial charge in [0.2, 0.25) is 7.28 Å². The number of hydrogen-bond acceptors (Lipinski definition) is 3. The molecule has 0 saturated heterocycles. The van der Waals surface area contributed by atoms with Crippen molar-refractivity contribution >= 4 is 61.9 Å². The van der Waals surface area contributed by atoms with Crippen LogP contribution in [0.15, 0.2) is 66.6 Å². The Morgan fingerprint density at radius 3 is 2.28 bits per heavy atom. The normalized spacial score (nSPS) is 13.8. The van der Waals surface area contributed by atoms with E-state index in [9.17, 15) is 0 Å². The van der Waals surface area contributed by atoms with Crippen molar-refractivity contribution in [2.24, 2.45) is 4.74 Å². The molecule has 0 radical (unpaired) electrons. The molecular formula is C22H23Br2ClNO2P. The monoisotopic (exact) mass is 557 g/mol. The summed E-state index contributed by atoms with van der Waals surface area (Å²) in [7, 11) is -2.68. The van der Waals surface area contributed by atoms with Crippen LogP contribution in [0.1, 0.15) is 32.1 Å². The summed E-state index contributed by atoms with van der Waals surface area (Å²) < 4.78 is 19.9. The lowest BCUT2D eigenvalue weighted by atomic mass is 10.2. The van der Waals surface area contributed by atoms with Crippen LogP contribution in [0.25, 0.3) is 0 Å². The summed E-state index contributed by atoms with van der Waals surface area (Å²) >= 11 is 13.5. The lowest BCUT2D eigenvalue weighted by Gasteiger charge is -2.35. The second-order valence-electron chi connectivity index (χ2n) is 7.83. The third kappa shape index (κ3) is 4.85. The maximum atomic E-state index is 6.77. The van der Waals surface area contributed by atoms with Gasteiger partial charge < -0.3 is 8.94 Å². The van der Waals surface area contributed by atoms with Crippen LogP contribution in [-0.4, -0.2) is 5.16 Å². The van der Waals surface area contributed by atoms with Crippen LogP contribution in [-0.2, 0) is 0 Å². The second-order valence-corrected chi connectivity index (χ2v) is 13.3. The van der Waals surface area contributed by atoms with Crippen LogP contribution in [0.5, 0.6) is 5.75 Å². The molecule has 3 rings (SSSR count). The van der Waals surface area contributed by atoms with Crippen molar-refractivity contribution in [2.45, 2.75) is 39.8 Å². The van der Waals surface area contributed by atoms with Gasteiger partial charge in [-0.2, -0.15) is 0 Å². The lowest BCUT2D eigenvalue weighted by Crippen LogP contribution is -2.26. The van der Waals surface area contributed by atoms with E-state index in [1.807, 2.05) is 62.4 Å². The predicted octanol–water partition coefficient (Wildman–Crippen LogP) is 9.03. The van der Waals surface area contributed by atoms with E-state index >= 15 is 0 Å². The Morgan fingerprint density at radius 2 is 1.72 bits per heavy atom. The topological polar surface area (TPSA) is 34.7 Å². The molecule has 0 saturated carbocycles. The standard InChI is InChI=1S/C22H23Br2ClNO2P/c1-14-6-9-17(13-19(14)25)26-29(22(3,4)5,21-11-7-15(2)27-21)28-20-10-8-16(23)12-18(20)24/h6-13H,1-5H3. The third-order valence-corrected chi connectivity index (χ3v) is 9.62. The third-order valence-electron chi connectivity index (χ3n) is 4.47. The van der Waals surface area contributed by atoms with E-state index in [2.05, 4.69) is 52.6 Å². The molecule has 0 N–H and O–H groups in total. The van der Waals surface area contributed by atoms with Crippen LogP contribution in [0, 0.1) is 13.8 Å². The van der Waals surface area contributed by atoms with Crippen LogP contribution in [0.2, 0.25) is 5.02 Å². The fraction of sp³-hybridized carbons (Fsp3) is 0.273. The summed E-state index contributed by atoms with van der Waals surface area (Å²) in [6, 6.07) is 15.6. The summed E-state index contributed by atoms with van der Waals surface area (Å²) in [5.74, 6) is 1.54. The zero-order valence-corrected chi connectivity index (χ0v) is 21.8. The largest absolute Gasteiger partial charge is 0.457 e. The molecule has 7 heteroatoms. The first-order valence-corrected chi connectivity index (χ1v) is 12.7. The highest BCUT2D eigenvalue weighted by Gasteiger charge is 2.42. The molecule has 0 bridgehead atoms. The molecule has 0 aliphatic heterocycles. The molecule has 3 nitrogen and oxygen atoms in total. The molecule has 0 fully saturated rings. The maximum absolute atomic E-state index is 6.77. The van der Waals surface area contributed by atoms with Crippen molar-refractivity contribution in [1.82, 2.24) is 0 Å². The average molecular weight is 560 g/mol. The SMILES string of the molecule is Cc1ccc(P(=Nc2ccc(C)c(Cl)c2)(Oc2ccc(Br)cc2Br)C(C)(C)C)o1. The molecule has 1 atom stereocenters. The average Bonchev–Trinajstić information content (AvgIpc) is 3.05. The zero-order chi connectivity index (χ0) is 21.4. The van der Waals surface area contributed by atoms with E-state index in [1.54, 1.807) is 0 Å². The first-order chi connectivity index (χ1) is 13.5. The minimum atomic E-state index is -2.68. The first-order valence-electron chi connectivity index (χ1n) is 9.12. The summed E-state index contributed by atoms with van der Waals surface area (Å²) in [6.45, 7) is 10.3. The van der Waals surface area contributed by atoms with Gasteiger partial charge in [-0.05, 0) is 77.8 Å². The lowest BCUT2D eigenvalue weighted by molar-refractivity contribution is 0.525. The van der Waals surface area contributed by atoms with E-state index in [-0.39, 0.29) is 5.16 Å². The van der Waals surface area contributed by atoms with Crippen molar-refractivity contribution in [3.05, 3.63) is 73.8 Å². The van der Waals surface area contributed by atoms with Gasteiger partial charge in [0.1, 0.15) is 11.5 Å². The van der Waals surface area contributed by atoms with Gasteiger partial charge in [0.05, 0.1) is 10.2 Å². The predicted molar refractivity (Wildman–Crippen MR) is 130 cm³/mol. The van der Waals surface area contributed by atoms with Gasteiger partial charge in [-0.1, -0.05) is 54.4 Å². The number of aryl methyl sites for hydroxylation is 2. The summed E-state index contributed by atoms with van der Waals surface area (Å²) in [4.78, 5) is 0. The van der Waals surface area contributed by atoms with E-state index in [4.69, 9.17) is 25.3 Å². The Bertz CT molecular complexity index is 1100. The fourth-order valence-corrected chi connectivity index (χ4v) is 7.14. The van der Waals surface area contributed by atoms with Crippen molar-refractivity contribution < 1.29 is 8.94 Å². The highest BCUT2D eigenvalue weighted by atomic mass is 79.9. The van der Waals surface area contributed by atoms with Crippen LogP contribution >= 0.6 is 50.7 Å². The summed E-state index contributed by atoms with van der Waals surface area (Å²) in [5, 5.41) is 0.347. The van der Waals surface area contributed by atoms with E-state index in [0.29, 0.717) is 10.8 Å². The Labute approximate surface area is 194 Å². The molecule has 2 aromatic carbocycles. The Morgan fingerprint density at radius 1 is 1.00 bits per heavy atom. The number of furan rings is 1. The summed E-state index contributed by atoms with van der Waals surface area (Å²) in [6.07, 6.45) is 0. The smallest absolute Gasteiger partial charge is 0.207 e. The van der Waals surface area contributed by atoms with E-state index in [0.717, 1.165) is 31.5 Å². The van der Waals surface area contributed by atoms with Crippen molar-refractivity contribution in [2.75, 3.05) is 0 Å². The molecule has 0 aliphatic carbocycles. The molecule has 29 heavy (non-hydrogen) atoms. The molecule has 154 valence electrons. The van der Waals surface area contributed by atoms with Gasteiger partial charge in [0.25, 0.3) is 0 Å². The summed E-state index contributed by atoms with van der Waals surface area (Å²) in [5.41, 5.74) is 2.52. The molecular weight excluding hydrogens is 536 g/mol. The number of rotatable bonds is 4. The number of halogens is 3. The maximum Gasteiger partial charge on any atom is 0.207 e. The molecule has 1 heterocycles. The van der Waals surface area contributed by atoms with Gasteiger partial charge in [0, 0.05) is 14.7 Å². The molecule has 1 aromatic heterocycles. The van der Waals surface area contributed by atoms with Crippen LogP contribution in [0.4, 0.5) is 5.69 Å². The van der Waals surface area contributed by atoms with Crippen molar-refractivity contribution in [3.63, 3.8) is 0 Å². The highest BCUT2D eigenvalue weighted by Crippen LogP contribution is 2.62. The van der Waals surface area contributed by atoms with Gasteiger partial charge in [0.15, 0.2) is 5.50 Å². The zero-order valence-electron chi connectivity index (χ0n) is 17.0. The van der Waals surface area contributed by atoms with Gasteiger partial charge in [-0.25, -0.2) is 4.74 Å². The van der Waals surface area contributed by atoms with Crippen molar-refractivity contribution in [3.8, 4) is 5.75 Å². The number of benzene rings is 2. The Kier molecular flexibility index (Phi) is 6.75. The minimum Gasteiger partial charge on any atom is -0.457 e. The molecule has 3 aromatic rings. The number of hydrogen-bond donors (Lipinski definition) is 0. The Balaban J connectivity index is 2.31. The van der Waals surface area contributed by atoms with Crippen LogP contribution < -0.4 is 10.0 Å². The highest BCUT2D eigenvalue weighted by molar-refractivity contribution is 9.11. The van der Waals surface area contributed by atoms with E-state index in [1.165, 1.54) is 0 Å². The van der Waals surface area contributed by atoms with Gasteiger partial charge >= 0.3 is 0 Å². The van der Waals surface area contributed by atoms with Gasteiger partial charge in [-0.3, -0.25) is 0 Å². The second kappa shape index (κ2) is 8.63. The fourth-order valence-electron chi connectivity index (χ4n) is 2.81. The van der Waals surface area contributed by atoms with Gasteiger partial charge in [-0.15, -0.1) is 0 Å². The molecule has 1 unspecified atom stereocenters. The Hall–Kier alpha value is -1.000. The quantitative estimate of drug-likeness (QED) is 0.299. The van der Waals surface area contributed by atoms with Crippen molar-refractivity contribution in [1.29, 1.82) is 0 Å². The minimum absolute atomic E-state index is 0.332.